The summed E-state index contributed by atoms with van der Waals surface area (Å²) in [5.74, 6) is -0.105. The number of urea groups is 1. The molecular formula is C15H16N6O2. The zero-order valence-electron chi connectivity index (χ0n) is 12.4. The number of hydrogen-bond donors (Lipinski definition) is 3. The maximum absolute atomic E-state index is 11.7. The fourth-order valence-corrected chi connectivity index (χ4v) is 1.65. The lowest BCUT2D eigenvalue weighted by molar-refractivity contribution is 0.256. The number of anilines is 1. The fraction of sp³-hybridized carbons (Fsp3) is 0.0667. The number of guanidine groups is 1. The first kappa shape index (κ1) is 16.0. The van der Waals surface area contributed by atoms with Gasteiger partial charge < -0.3 is 15.6 Å². The first-order valence-electron chi connectivity index (χ1n) is 6.70. The van der Waals surface area contributed by atoms with Crippen LogP contribution >= 0.6 is 0 Å². The summed E-state index contributed by atoms with van der Waals surface area (Å²) >= 11 is 0. The Morgan fingerprint density at radius 1 is 1.22 bits per heavy atom. The van der Waals surface area contributed by atoms with Gasteiger partial charge in [0.25, 0.3) is 0 Å². The molecule has 118 valence electrons. The topological polar surface area (TPSA) is 114 Å². The van der Waals surface area contributed by atoms with Crippen molar-refractivity contribution in [3.8, 4) is 0 Å². The molecule has 4 N–H and O–H groups in total. The van der Waals surface area contributed by atoms with E-state index in [1.807, 2.05) is 6.07 Å². The van der Waals surface area contributed by atoms with Crippen molar-refractivity contribution in [2.75, 3.05) is 5.32 Å². The van der Waals surface area contributed by atoms with Crippen molar-refractivity contribution in [2.24, 2.45) is 22.8 Å². The van der Waals surface area contributed by atoms with Crippen molar-refractivity contribution in [3.05, 3.63) is 59.0 Å². The monoisotopic (exact) mass is 312 g/mol. The van der Waals surface area contributed by atoms with Crippen LogP contribution in [0.5, 0.6) is 0 Å². The number of rotatable bonds is 3. The van der Waals surface area contributed by atoms with Gasteiger partial charge in [-0.3, -0.25) is 10.1 Å². The second-order valence-corrected chi connectivity index (χ2v) is 4.54. The highest BCUT2D eigenvalue weighted by molar-refractivity contribution is 6.03. The van der Waals surface area contributed by atoms with Crippen LogP contribution in [0.25, 0.3) is 0 Å². The van der Waals surface area contributed by atoms with E-state index in [-0.39, 0.29) is 11.5 Å². The lowest BCUT2D eigenvalue weighted by Crippen LogP contribution is -2.39. The Bertz CT molecular complexity index is 795. The van der Waals surface area contributed by atoms with E-state index < -0.39 is 6.03 Å². The minimum absolute atomic E-state index is 0.105. The highest BCUT2D eigenvalue weighted by atomic mass is 16.2. The van der Waals surface area contributed by atoms with Gasteiger partial charge in [0.2, 0.25) is 11.5 Å². The zero-order chi connectivity index (χ0) is 16.7. The van der Waals surface area contributed by atoms with Gasteiger partial charge in [-0.1, -0.05) is 18.2 Å². The SMILES string of the molecule is Cn1cc(N=CN=C(N)NC(=O)Nc2ccccc2)ccc1=O. The van der Waals surface area contributed by atoms with Crippen LogP contribution < -0.4 is 21.9 Å². The number of benzene rings is 1. The minimum atomic E-state index is -0.507. The Kier molecular flexibility index (Phi) is 5.24. The lowest BCUT2D eigenvalue weighted by Gasteiger charge is -2.05. The number of nitrogens with one attached hydrogen (secondary N) is 2. The third-order valence-corrected chi connectivity index (χ3v) is 2.75. The molecule has 8 nitrogen and oxygen atoms in total. The molecule has 0 aliphatic carbocycles. The molecule has 1 heterocycles. The molecule has 8 heteroatoms. The van der Waals surface area contributed by atoms with Gasteiger partial charge >= 0.3 is 6.03 Å². The van der Waals surface area contributed by atoms with Crippen LogP contribution in [0.3, 0.4) is 0 Å². The second kappa shape index (κ2) is 7.55. The van der Waals surface area contributed by atoms with Crippen LogP contribution in [0.2, 0.25) is 0 Å². The highest BCUT2D eigenvalue weighted by Crippen LogP contribution is 2.06. The first-order chi connectivity index (χ1) is 11.0. The lowest BCUT2D eigenvalue weighted by atomic mass is 10.3. The van der Waals surface area contributed by atoms with Crippen LogP contribution in [0, 0.1) is 0 Å². The molecule has 1 aromatic carbocycles. The van der Waals surface area contributed by atoms with Gasteiger partial charge in [0.15, 0.2) is 0 Å². The summed E-state index contributed by atoms with van der Waals surface area (Å²) in [5, 5.41) is 4.97. The smallest absolute Gasteiger partial charge is 0.325 e. The summed E-state index contributed by atoms with van der Waals surface area (Å²) in [6.07, 6.45) is 2.75. The van der Waals surface area contributed by atoms with Crippen LogP contribution in [-0.4, -0.2) is 22.9 Å². The Morgan fingerprint density at radius 2 is 1.96 bits per heavy atom. The van der Waals surface area contributed by atoms with Crippen LogP contribution in [-0.2, 0) is 7.05 Å². The summed E-state index contributed by atoms with van der Waals surface area (Å²) < 4.78 is 1.39. The van der Waals surface area contributed by atoms with Crippen LogP contribution in [0.1, 0.15) is 0 Å². The van der Waals surface area contributed by atoms with E-state index in [1.54, 1.807) is 43.6 Å². The van der Waals surface area contributed by atoms with Gasteiger partial charge in [-0.25, -0.2) is 14.8 Å². The number of aryl methyl sites for hydroxylation is 1. The molecule has 1 aromatic heterocycles. The number of para-hydroxylation sites is 1. The van der Waals surface area contributed by atoms with Crippen molar-refractivity contribution < 1.29 is 4.79 Å². The van der Waals surface area contributed by atoms with Crippen molar-refractivity contribution in [1.82, 2.24) is 9.88 Å². The quantitative estimate of drug-likeness (QED) is 0.584. The number of nitrogens with zero attached hydrogens (tertiary/aromatic N) is 3. The van der Waals surface area contributed by atoms with Crippen molar-refractivity contribution in [1.29, 1.82) is 0 Å². The third-order valence-electron chi connectivity index (χ3n) is 2.75. The largest absolute Gasteiger partial charge is 0.369 e. The van der Waals surface area contributed by atoms with E-state index in [0.29, 0.717) is 11.4 Å². The number of nitrogens with two attached hydrogens (primary N) is 1. The molecule has 0 radical (unpaired) electrons. The van der Waals surface area contributed by atoms with E-state index in [4.69, 9.17) is 5.73 Å². The van der Waals surface area contributed by atoms with E-state index in [2.05, 4.69) is 20.6 Å². The maximum Gasteiger partial charge on any atom is 0.325 e. The standard InChI is InChI=1S/C15H16N6O2/c1-21-9-12(7-8-13(21)22)17-10-18-14(16)20-15(23)19-11-5-3-2-4-6-11/h2-10H,1H3,(H4,16,17,18,19,20,23). The van der Waals surface area contributed by atoms with Crippen molar-refractivity contribution in [2.45, 2.75) is 0 Å². The summed E-state index contributed by atoms with van der Waals surface area (Å²) in [6.45, 7) is 0. The van der Waals surface area contributed by atoms with E-state index in [1.165, 1.54) is 17.0 Å². The number of carbonyl (C=O) groups is 1. The van der Waals surface area contributed by atoms with Crippen molar-refractivity contribution in [3.63, 3.8) is 0 Å². The Morgan fingerprint density at radius 3 is 2.65 bits per heavy atom. The van der Waals surface area contributed by atoms with E-state index >= 15 is 0 Å². The molecule has 0 aliphatic heterocycles. The van der Waals surface area contributed by atoms with E-state index in [9.17, 15) is 9.59 Å². The maximum atomic E-state index is 11.7. The minimum Gasteiger partial charge on any atom is -0.369 e. The molecule has 23 heavy (non-hydrogen) atoms. The first-order valence-corrected chi connectivity index (χ1v) is 6.70. The molecule has 2 rings (SSSR count). The second-order valence-electron chi connectivity index (χ2n) is 4.54. The third kappa shape index (κ3) is 5.12. The molecular weight excluding hydrogens is 296 g/mol. The highest BCUT2D eigenvalue weighted by Gasteiger charge is 2.01. The van der Waals surface area contributed by atoms with Gasteiger partial charge in [-0.15, -0.1) is 0 Å². The molecule has 2 aromatic rings. The Balaban J connectivity index is 1.91. The number of amides is 2. The number of aromatic nitrogens is 1. The molecule has 2 amide bonds. The number of carbonyl (C=O) groups excluding carboxylic acids is 1. The zero-order valence-corrected chi connectivity index (χ0v) is 12.4. The van der Waals surface area contributed by atoms with Gasteiger partial charge in [-0.05, 0) is 18.2 Å². The summed E-state index contributed by atoms with van der Waals surface area (Å²) in [4.78, 5) is 30.7. The van der Waals surface area contributed by atoms with Crippen LogP contribution in [0.4, 0.5) is 16.2 Å². The van der Waals surface area contributed by atoms with Crippen molar-refractivity contribution >= 4 is 29.7 Å². The molecule has 0 spiro atoms. The van der Waals surface area contributed by atoms with E-state index in [0.717, 1.165) is 0 Å². The average Bonchev–Trinajstić information content (AvgIpc) is 2.51. The summed E-state index contributed by atoms with van der Waals surface area (Å²) in [5.41, 5.74) is 6.62. The molecule has 0 saturated carbocycles. The Labute approximate surface area is 132 Å². The van der Waals surface area contributed by atoms with Gasteiger partial charge in [0.05, 0.1) is 5.69 Å². The average molecular weight is 312 g/mol. The predicted molar refractivity (Wildman–Crippen MR) is 90.1 cm³/mol. The molecule has 0 atom stereocenters. The summed E-state index contributed by atoms with van der Waals surface area (Å²) in [7, 11) is 1.62. The molecule has 0 fully saturated rings. The van der Waals surface area contributed by atoms with Gasteiger partial charge in [0.1, 0.15) is 6.34 Å². The molecule has 0 saturated heterocycles. The number of aliphatic imine (C=N–C) groups is 2. The molecule has 0 aliphatic rings. The van der Waals surface area contributed by atoms with Crippen LogP contribution in [0.15, 0.2) is 63.4 Å². The summed E-state index contributed by atoms with van der Waals surface area (Å²) in [6, 6.07) is 11.4. The molecule has 0 unspecified atom stereocenters. The Hall–Kier alpha value is -3.42. The molecule has 0 bridgehead atoms. The van der Waals surface area contributed by atoms with Gasteiger partial charge in [-0.2, -0.15) is 0 Å². The number of pyridine rings is 1. The predicted octanol–water partition coefficient (Wildman–Crippen LogP) is 1.18. The number of hydrogen-bond acceptors (Lipinski definition) is 3. The fourth-order valence-electron chi connectivity index (χ4n) is 1.65. The normalized spacial score (nSPS) is 11.4. The van der Waals surface area contributed by atoms with Gasteiger partial charge in [0, 0.05) is 25.0 Å².